The Labute approximate surface area is 91.6 Å². The number of rotatable bonds is 3. The highest BCUT2D eigenvalue weighted by atomic mass is 32.1. The van der Waals surface area contributed by atoms with E-state index in [2.05, 4.69) is 29.4 Å². The molecule has 2 aromatic heterocycles. The molecule has 2 nitrogen and oxygen atoms in total. The average molecular weight is 224 g/mol. The summed E-state index contributed by atoms with van der Waals surface area (Å²) in [6.45, 7) is 2.13. The normalized spacial score (nSPS) is 13.0. The molecule has 2 heterocycles. The van der Waals surface area contributed by atoms with Crippen molar-refractivity contribution in [2.75, 3.05) is 7.05 Å². The first-order valence-corrected chi connectivity index (χ1v) is 6.13. The van der Waals surface area contributed by atoms with Gasteiger partial charge in [-0.1, -0.05) is 0 Å². The molecule has 0 amide bonds. The molecular weight excluding hydrogens is 212 g/mol. The molecule has 14 heavy (non-hydrogen) atoms. The Morgan fingerprint density at radius 1 is 1.36 bits per heavy atom. The number of hydrogen-bond donors (Lipinski definition) is 1. The zero-order chi connectivity index (χ0) is 9.97. The van der Waals surface area contributed by atoms with E-state index < -0.39 is 0 Å². The molecule has 0 radical (unpaired) electrons. The zero-order valence-corrected chi connectivity index (χ0v) is 9.78. The van der Waals surface area contributed by atoms with Gasteiger partial charge in [0.2, 0.25) is 0 Å². The smallest absolute Gasteiger partial charge is 0.0795 e. The topological polar surface area (TPSA) is 24.9 Å². The number of hydrogen-bond acceptors (Lipinski definition) is 4. The van der Waals surface area contributed by atoms with Gasteiger partial charge in [-0.3, -0.25) is 4.98 Å². The minimum absolute atomic E-state index is 0.307. The van der Waals surface area contributed by atoms with Gasteiger partial charge in [0.1, 0.15) is 0 Å². The van der Waals surface area contributed by atoms with Crippen molar-refractivity contribution in [1.82, 2.24) is 10.3 Å². The van der Waals surface area contributed by atoms with Crippen LogP contribution in [-0.4, -0.2) is 12.0 Å². The van der Waals surface area contributed by atoms with Crippen LogP contribution in [0.4, 0.5) is 0 Å². The van der Waals surface area contributed by atoms with E-state index in [1.807, 2.05) is 30.1 Å². The molecule has 74 valence electrons. The summed E-state index contributed by atoms with van der Waals surface area (Å²) in [4.78, 5) is 8.09. The van der Waals surface area contributed by atoms with Gasteiger partial charge in [0.15, 0.2) is 0 Å². The molecule has 1 N–H and O–H groups in total. The van der Waals surface area contributed by atoms with E-state index in [4.69, 9.17) is 0 Å². The maximum absolute atomic E-state index is 4.11. The Morgan fingerprint density at radius 3 is 2.71 bits per heavy atom. The summed E-state index contributed by atoms with van der Waals surface area (Å²) in [6, 6.07) is 4.65. The third kappa shape index (κ3) is 1.87. The van der Waals surface area contributed by atoms with Crippen molar-refractivity contribution < 1.29 is 0 Å². The van der Waals surface area contributed by atoms with Gasteiger partial charge in [-0.25, -0.2) is 0 Å². The van der Waals surface area contributed by atoms with Crippen LogP contribution in [0.1, 0.15) is 20.7 Å². The van der Waals surface area contributed by atoms with Crippen molar-refractivity contribution in [3.63, 3.8) is 0 Å². The Morgan fingerprint density at radius 2 is 2.21 bits per heavy atom. The maximum atomic E-state index is 4.11. The van der Waals surface area contributed by atoms with Gasteiger partial charge in [0.25, 0.3) is 0 Å². The molecule has 0 saturated heterocycles. The van der Waals surface area contributed by atoms with Crippen LogP contribution in [0.5, 0.6) is 0 Å². The van der Waals surface area contributed by atoms with E-state index in [-0.39, 0.29) is 0 Å². The molecule has 2 rings (SSSR count). The summed E-state index contributed by atoms with van der Waals surface area (Å²) in [5, 5.41) is 3.31. The van der Waals surface area contributed by atoms with Gasteiger partial charge in [-0.05, 0) is 26.1 Å². The van der Waals surface area contributed by atoms with Crippen LogP contribution in [0.25, 0.3) is 0 Å². The molecular formula is C10H12N2S2. The van der Waals surface area contributed by atoms with Gasteiger partial charge >= 0.3 is 0 Å². The molecule has 0 aromatic carbocycles. The van der Waals surface area contributed by atoms with Gasteiger partial charge in [0, 0.05) is 20.8 Å². The second-order valence-corrected chi connectivity index (χ2v) is 5.31. The maximum Gasteiger partial charge on any atom is 0.0795 e. The summed E-state index contributed by atoms with van der Waals surface area (Å²) >= 11 is 3.53. The summed E-state index contributed by atoms with van der Waals surface area (Å²) in [5.74, 6) is 0. The SMILES string of the molecule is CNC(c1cncs1)c1ccc(C)s1. The number of nitrogens with one attached hydrogen (secondary N) is 1. The lowest BCUT2D eigenvalue weighted by Crippen LogP contribution is -2.14. The molecule has 0 saturated carbocycles. The van der Waals surface area contributed by atoms with Crippen molar-refractivity contribution in [2.24, 2.45) is 0 Å². The zero-order valence-electron chi connectivity index (χ0n) is 8.15. The molecule has 0 spiro atoms. The van der Waals surface area contributed by atoms with Crippen LogP contribution in [0.3, 0.4) is 0 Å². The van der Waals surface area contributed by atoms with Crippen LogP contribution in [0, 0.1) is 6.92 Å². The predicted octanol–water partition coefficient (Wildman–Crippen LogP) is 2.82. The number of nitrogens with zero attached hydrogens (tertiary/aromatic N) is 1. The van der Waals surface area contributed by atoms with Crippen molar-refractivity contribution in [1.29, 1.82) is 0 Å². The predicted molar refractivity (Wildman–Crippen MR) is 62.1 cm³/mol. The number of thiophene rings is 1. The molecule has 1 unspecified atom stereocenters. The lowest BCUT2D eigenvalue weighted by atomic mass is 10.2. The highest BCUT2D eigenvalue weighted by Crippen LogP contribution is 2.29. The second-order valence-electron chi connectivity index (χ2n) is 3.07. The van der Waals surface area contributed by atoms with Crippen LogP contribution in [-0.2, 0) is 0 Å². The van der Waals surface area contributed by atoms with Crippen LogP contribution in [0.15, 0.2) is 23.8 Å². The summed E-state index contributed by atoms with van der Waals surface area (Å²) < 4.78 is 0. The molecule has 0 bridgehead atoms. The summed E-state index contributed by atoms with van der Waals surface area (Å²) in [6.07, 6.45) is 1.93. The Kier molecular flexibility index (Phi) is 2.96. The molecule has 1 atom stereocenters. The monoisotopic (exact) mass is 224 g/mol. The molecule has 0 aliphatic carbocycles. The van der Waals surface area contributed by atoms with E-state index in [1.165, 1.54) is 14.6 Å². The van der Waals surface area contributed by atoms with Crippen LogP contribution < -0.4 is 5.32 Å². The Bertz CT molecular complexity index is 392. The van der Waals surface area contributed by atoms with Gasteiger partial charge in [0.05, 0.1) is 11.6 Å². The third-order valence-corrected chi connectivity index (χ3v) is 3.98. The van der Waals surface area contributed by atoms with Gasteiger partial charge < -0.3 is 5.32 Å². The average Bonchev–Trinajstić information content (AvgIpc) is 2.79. The van der Waals surface area contributed by atoms with Gasteiger partial charge in [-0.15, -0.1) is 22.7 Å². The number of aryl methyl sites for hydroxylation is 1. The van der Waals surface area contributed by atoms with Gasteiger partial charge in [-0.2, -0.15) is 0 Å². The van der Waals surface area contributed by atoms with Crippen LogP contribution >= 0.6 is 22.7 Å². The van der Waals surface area contributed by atoms with Crippen molar-refractivity contribution in [3.8, 4) is 0 Å². The summed E-state index contributed by atoms with van der Waals surface area (Å²) in [7, 11) is 1.99. The summed E-state index contributed by atoms with van der Waals surface area (Å²) in [5.41, 5.74) is 1.88. The molecule has 0 fully saturated rings. The number of aromatic nitrogens is 1. The standard InChI is InChI=1S/C10H12N2S2/c1-7-3-4-8(14-7)10(11-2)9-5-12-6-13-9/h3-6,10-11H,1-2H3. The van der Waals surface area contributed by atoms with Crippen molar-refractivity contribution >= 4 is 22.7 Å². The fourth-order valence-electron chi connectivity index (χ4n) is 1.40. The minimum Gasteiger partial charge on any atom is -0.308 e. The molecule has 2 aromatic rings. The van der Waals surface area contributed by atoms with E-state index in [1.54, 1.807) is 11.3 Å². The lowest BCUT2D eigenvalue weighted by molar-refractivity contribution is 0.714. The highest BCUT2D eigenvalue weighted by Gasteiger charge is 2.14. The number of thiazole rings is 1. The Hall–Kier alpha value is -0.710. The van der Waals surface area contributed by atoms with Crippen molar-refractivity contribution in [3.05, 3.63) is 38.5 Å². The fourth-order valence-corrected chi connectivity index (χ4v) is 3.23. The Balaban J connectivity index is 2.31. The highest BCUT2D eigenvalue weighted by molar-refractivity contribution is 7.12. The van der Waals surface area contributed by atoms with E-state index >= 15 is 0 Å². The quantitative estimate of drug-likeness (QED) is 0.867. The van der Waals surface area contributed by atoms with E-state index in [0.717, 1.165) is 0 Å². The molecule has 0 aliphatic heterocycles. The molecule has 4 heteroatoms. The first-order valence-electron chi connectivity index (χ1n) is 4.43. The molecule has 0 aliphatic rings. The third-order valence-electron chi connectivity index (χ3n) is 2.07. The fraction of sp³-hybridized carbons (Fsp3) is 0.300. The van der Waals surface area contributed by atoms with E-state index in [0.29, 0.717) is 6.04 Å². The van der Waals surface area contributed by atoms with E-state index in [9.17, 15) is 0 Å². The lowest BCUT2D eigenvalue weighted by Gasteiger charge is -2.11. The van der Waals surface area contributed by atoms with Crippen molar-refractivity contribution in [2.45, 2.75) is 13.0 Å². The first-order chi connectivity index (χ1) is 6.81. The first kappa shape index (κ1) is 9.83. The largest absolute Gasteiger partial charge is 0.308 e. The minimum atomic E-state index is 0.307. The second kappa shape index (κ2) is 4.21. The van der Waals surface area contributed by atoms with Crippen LogP contribution in [0.2, 0.25) is 0 Å².